The number of likely N-dealkylation sites (tertiary alicyclic amines) is 1. The Balaban J connectivity index is 2.34. The summed E-state index contributed by atoms with van der Waals surface area (Å²) in [6, 6.07) is 0. The van der Waals surface area contributed by atoms with Crippen LogP contribution in [0.2, 0.25) is 0 Å². The molecule has 1 rings (SSSR count). The van der Waals surface area contributed by atoms with Gasteiger partial charge in [0.15, 0.2) is 0 Å². The number of rotatable bonds is 2. The maximum absolute atomic E-state index is 11.2. The summed E-state index contributed by atoms with van der Waals surface area (Å²) in [6.45, 7) is 1.61. The van der Waals surface area contributed by atoms with Gasteiger partial charge in [0.1, 0.15) is 6.54 Å². The van der Waals surface area contributed by atoms with Crippen molar-refractivity contribution in [2.24, 2.45) is 5.11 Å². The normalized spacial score (nSPS) is 16.8. The second kappa shape index (κ2) is 4.62. The molecule has 0 unspecified atom stereocenters. The summed E-state index contributed by atoms with van der Waals surface area (Å²) >= 11 is 0. The largest absolute Gasteiger partial charge is 0.343 e. The fourth-order valence-corrected chi connectivity index (χ4v) is 1.34. The van der Waals surface area contributed by atoms with E-state index in [1.807, 2.05) is 0 Å². The Hall–Kier alpha value is -1.22. The van der Waals surface area contributed by atoms with Gasteiger partial charge in [-0.15, -0.1) is 0 Å². The smallest absolute Gasteiger partial charge is 0.228 e. The first-order valence-corrected chi connectivity index (χ1v) is 4.13. The minimum atomic E-state index is -0.0486. The van der Waals surface area contributed by atoms with E-state index in [9.17, 15) is 4.79 Å². The van der Waals surface area contributed by atoms with Gasteiger partial charge in [-0.3, -0.25) is 4.79 Å². The maximum Gasteiger partial charge on any atom is 0.228 e. The first-order chi connectivity index (χ1) is 5.84. The van der Waals surface area contributed by atoms with Gasteiger partial charge in [0.2, 0.25) is 5.91 Å². The van der Waals surface area contributed by atoms with Crippen LogP contribution in [0.15, 0.2) is 5.11 Å². The lowest BCUT2D eigenvalue weighted by molar-refractivity contribution is -0.130. The van der Waals surface area contributed by atoms with Gasteiger partial charge in [-0.25, -0.2) is 0 Å². The van der Waals surface area contributed by atoms with Crippen LogP contribution in [-0.2, 0) is 4.79 Å². The van der Waals surface area contributed by atoms with Crippen LogP contribution < -0.4 is 0 Å². The van der Waals surface area contributed by atoms with Crippen molar-refractivity contribution in [1.82, 2.24) is 4.90 Å². The SMILES string of the molecule is [N-]=[N+]=NCC(=O)N1CCCCC1. The zero-order chi connectivity index (χ0) is 8.81. The molecule has 5 nitrogen and oxygen atoms in total. The Labute approximate surface area is 71.0 Å². The molecule has 0 aromatic rings. The molecule has 1 amide bonds. The zero-order valence-electron chi connectivity index (χ0n) is 6.94. The van der Waals surface area contributed by atoms with E-state index in [0.717, 1.165) is 25.9 Å². The van der Waals surface area contributed by atoms with Gasteiger partial charge in [-0.1, -0.05) is 5.11 Å². The predicted octanol–water partition coefficient (Wildman–Crippen LogP) is 1.31. The molecule has 0 atom stereocenters. The zero-order valence-corrected chi connectivity index (χ0v) is 6.94. The van der Waals surface area contributed by atoms with E-state index >= 15 is 0 Å². The summed E-state index contributed by atoms with van der Waals surface area (Å²) < 4.78 is 0. The number of piperidine rings is 1. The quantitative estimate of drug-likeness (QED) is 0.348. The fourth-order valence-electron chi connectivity index (χ4n) is 1.34. The van der Waals surface area contributed by atoms with Gasteiger partial charge in [0.05, 0.1) is 0 Å². The van der Waals surface area contributed by atoms with Crippen LogP contribution in [0, 0.1) is 0 Å². The van der Waals surface area contributed by atoms with E-state index in [4.69, 9.17) is 5.53 Å². The molecule has 1 heterocycles. The molecule has 12 heavy (non-hydrogen) atoms. The summed E-state index contributed by atoms with van der Waals surface area (Å²) in [4.78, 5) is 15.5. The van der Waals surface area contributed by atoms with Crippen LogP contribution in [0.3, 0.4) is 0 Å². The highest BCUT2D eigenvalue weighted by molar-refractivity contribution is 5.78. The van der Waals surface area contributed by atoms with Crippen molar-refractivity contribution in [3.8, 4) is 0 Å². The Morgan fingerprint density at radius 1 is 1.42 bits per heavy atom. The van der Waals surface area contributed by atoms with Crippen molar-refractivity contribution in [3.63, 3.8) is 0 Å². The van der Waals surface area contributed by atoms with Gasteiger partial charge in [0, 0.05) is 18.0 Å². The van der Waals surface area contributed by atoms with E-state index in [1.54, 1.807) is 4.90 Å². The van der Waals surface area contributed by atoms with Crippen molar-refractivity contribution in [3.05, 3.63) is 10.4 Å². The first kappa shape index (κ1) is 8.87. The van der Waals surface area contributed by atoms with E-state index in [1.165, 1.54) is 6.42 Å². The van der Waals surface area contributed by atoms with E-state index in [-0.39, 0.29) is 12.5 Å². The Kier molecular flexibility index (Phi) is 3.41. The average molecular weight is 168 g/mol. The second-order valence-corrected chi connectivity index (χ2v) is 2.83. The third kappa shape index (κ3) is 2.43. The third-order valence-corrected chi connectivity index (χ3v) is 1.98. The highest BCUT2D eigenvalue weighted by Gasteiger charge is 2.14. The highest BCUT2D eigenvalue weighted by Crippen LogP contribution is 2.08. The molecular formula is C7H12N4O. The number of carbonyl (C=O) groups is 1. The molecule has 1 fully saturated rings. The van der Waals surface area contributed by atoms with Crippen LogP contribution in [0.4, 0.5) is 0 Å². The van der Waals surface area contributed by atoms with Gasteiger partial charge >= 0.3 is 0 Å². The van der Waals surface area contributed by atoms with Crippen molar-refractivity contribution < 1.29 is 4.79 Å². The standard InChI is InChI=1S/C7H12N4O/c8-10-9-6-7(12)11-4-2-1-3-5-11/h1-6H2. The van der Waals surface area contributed by atoms with E-state index < -0.39 is 0 Å². The van der Waals surface area contributed by atoms with Crippen LogP contribution in [-0.4, -0.2) is 30.4 Å². The van der Waals surface area contributed by atoms with E-state index in [0.29, 0.717) is 0 Å². The highest BCUT2D eigenvalue weighted by atomic mass is 16.2. The van der Waals surface area contributed by atoms with Gasteiger partial charge < -0.3 is 4.90 Å². The maximum atomic E-state index is 11.2. The number of carbonyl (C=O) groups excluding carboxylic acids is 1. The van der Waals surface area contributed by atoms with Gasteiger partial charge in [-0.2, -0.15) is 0 Å². The van der Waals surface area contributed by atoms with Gasteiger partial charge in [-0.05, 0) is 24.8 Å². The number of hydrogen-bond acceptors (Lipinski definition) is 2. The number of nitrogens with zero attached hydrogens (tertiary/aromatic N) is 4. The summed E-state index contributed by atoms with van der Waals surface area (Å²) in [5, 5.41) is 3.24. The lowest BCUT2D eigenvalue weighted by atomic mass is 10.1. The minimum absolute atomic E-state index is 0.0312. The van der Waals surface area contributed by atoms with Crippen LogP contribution >= 0.6 is 0 Å². The molecule has 1 aliphatic rings. The molecule has 0 spiro atoms. The number of azide groups is 1. The monoisotopic (exact) mass is 168 g/mol. The number of hydrogen-bond donors (Lipinski definition) is 0. The predicted molar refractivity (Wildman–Crippen MR) is 44.4 cm³/mol. The molecule has 0 aromatic carbocycles. The van der Waals surface area contributed by atoms with Crippen molar-refractivity contribution in [2.75, 3.05) is 19.6 Å². The summed E-state index contributed by atoms with van der Waals surface area (Å²) in [6.07, 6.45) is 3.34. The van der Waals surface area contributed by atoms with E-state index in [2.05, 4.69) is 10.0 Å². The lowest BCUT2D eigenvalue weighted by Crippen LogP contribution is -2.36. The topological polar surface area (TPSA) is 69.1 Å². The summed E-state index contributed by atoms with van der Waals surface area (Å²) in [7, 11) is 0. The molecule has 1 aliphatic heterocycles. The van der Waals surface area contributed by atoms with Gasteiger partial charge in [0.25, 0.3) is 0 Å². The van der Waals surface area contributed by atoms with Crippen LogP contribution in [0.25, 0.3) is 10.4 Å². The van der Waals surface area contributed by atoms with Crippen LogP contribution in [0.5, 0.6) is 0 Å². The Morgan fingerprint density at radius 3 is 2.67 bits per heavy atom. The molecule has 0 N–H and O–H groups in total. The summed E-state index contributed by atoms with van der Waals surface area (Å²) in [5.74, 6) is -0.0486. The fraction of sp³-hybridized carbons (Fsp3) is 0.857. The molecular weight excluding hydrogens is 156 g/mol. The van der Waals surface area contributed by atoms with Crippen molar-refractivity contribution in [1.29, 1.82) is 0 Å². The molecule has 0 aliphatic carbocycles. The Morgan fingerprint density at radius 2 is 2.08 bits per heavy atom. The van der Waals surface area contributed by atoms with Crippen molar-refractivity contribution >= 4 is 5.91 Å². The lowest BCUT2D eigenvalue weighted by Gasteiger charge is -2.25. The molecule has 66 valence electrons. The molecule has 0 saturated carbocycles. The number of amides is 1. The molecule has 5 heteroatoms. The first-order valence-electron chi connectivity index (χ1n) is 4.13. The molecule has 0 aromatic heterocycles. The average Bonchev–Trinajstić information content (AvgIpc) is 2.15. The summed E-state index contributed by atoms with van der Waals surface area (Å²) in [5.41, 5.74) is 8.00. The van der Waals surface area contributed by atoms with Crippen molar-refractivity contribution in [2.45, 2.75) is 19.3 Å². The molecule has 0 bridgehead atoms. The Bertz CT molecular complexity index is 203. The third-order valence-electron chi connectivity index (χ3n) is 1.98. The molecule has 1 saturated heterocycles. The molecule has 0 radical (unpaired) electrons. The second-order valence-electron chi connectivity index (χ2n) is 2.83. The minimum Gasteiger partial charge on any atom is -0.343 e. The van der Waals surface area contributed by atoms with Crippen LogP contribution in [0.1, 0.15) is 19.3 Å².